The van der Waals surface area contributed by atoms with Crippen LogP contribution < -0.4 is 5.32 Å². The van der Waals surface area contributed by atoms with E-state index in [0.29, 0.717) is 0 Å². The number of rotatable bonds is 4. The maximum atomic E-state index is 3.31. The molecule has 1 aromatic carbocycles. The van der Waals surface area contributed by atoms with Gasteiger partial charge in [0.2, 0.25) is 0 Å². The lowest BCUT2D eigenvalue weighted by Gasteiger charge is -2.26. The largest absolute Gasteiger partial charge is 0.315 e. The molecule has 1 fully saturated rings. The number of likely N-dealkylation sites (tertiary alicyclic amines) is 1. The molecule has 3 rings (SSSR count). The summed E-state index contributed by atoms with van der Waals surface area (Å²) in [6.07, 6.45) is 4.14. The van der Waals surface area contributed by atoms with E-state index in [2.05, 4.69) is 34.5 Å². The molecule has 2 aromatic rings. The molecule has 0 saturated carbocycles. The van der Waals surface area contributed by atoms with Crippen LogP contribution in [0.25, 0.3) is 10.1 Å². The van der Waals surface area contributed by atoms with E-state index in [1.165, 1.54) is 47.3 Å². The molecule has 1 saturated heterocycles. The molecule has 102 valence electrons. The molecule has 1 N–H and O–H groups in total. The Labute approximate surface area is 119 Å². The zero-order valence-electron chi connectivity index (χ0n) is 11.6. The number of nitrogens with one attached hydrogen (secondary N) is 1. The number of hydrogen-bond donors (Lipinski definition) is 1. The predicted molar refractivity (Wildman–Crippen MR) is 83.7 cm³/mol. The number of piperidine rings is 1. The third-order valence-electron chi connectivity index (χ3n) is 3.95. The normalized spacial score (nSPS) is 17.1. The molecule has 0 spiro atoms. The first kappa shape index (κ1) is 13.1. The van der Waals surface area contributed by atoms with Gasteiger partial charge in [-0.1, -0.05) is 24.6 Å². The van der Waals surface area contributed by atoms with Crippen molar-refractivity contribution in [1.82, 2.24) is 10.2 Å². The molecule has 0 radical (unpaired) electrons. The molecular weight excluding hydrogens is 252 g/mol. The second-order valence-electron chi connectivity index (χ2n) is 5.37. The second kappa shape index (κ2) is 6.04. The van der Waals surface area contributed by atoms with E-state index in [0.717, 1.165) is 13.1 Å². The summed E-state index contributed by atoms with van der Waals surface area (Å²) < 4.78 is 1.43. The van der Waals surface area contributed by atoms with Crippen molar-refractivity contribution in [2.75, 3.05) is 20.1 Å². The minimum absolute atomic E-state index is 0.989. The second-order valence-corrected chi connectivity index (χ2v) is 6.50. The third-order valence-corrected chi connectivity index (χ3v) is 5.16. The van der Waals surface area contributed by atoms with E-state index in [1.54, 1.807) is 5.56 Å². The van der Waals surface area contributed by atoms with Gasteiger partial charge in [0, 0.05) is 22.7 Å². The Kier molecular flexibility index (Phi) is 4.16. The van der Waals surface area contributed by atoms with E-state index in [1.807, 2.05) is 18.4 Å². The van der Waals surface area contributed by atoms with Crippen molar-refractivity contribution in [3.05, 3.63) is 34.7 Å². The summed E-state index contributed by atoms with van der Waals surface area (Å²) in [6, 6.07) is 8.84. The van der Waals surface area contributed by atoms with Gasteiger partial charge in [0.05, 0.1) is 0 Å². The van der Waals surface area contributed by atoms with E-state index in [4.69, 9.17) is 0 Å². The summed E-state index contributed by atoms with van der Waals surface area (Å²) in [4.78, 5) is 4.13. The Bertz CT molecular complexity index is 541. The number of nitrogens with zero attached hydrogens (tertiary/aromatic N) is 1. The van der Waals surface area contributed by atoms with Crippen LogP contribution in [0.3, 0.4) is 0 Å². The standard InChI is InChI=1S/C16H22N2S/c1-17-11-16-14(12-18-9-5-2-6-10-18)13-7-3-4-8-15(13)19-16/h3-4,7-8,17H,2,5-6,9-12H2,1H3. The lowest BCUT2D eigenvalue weighted by Crippen LogP contribution is -2.29. The first-order chi connectivity index (χ1) is 9.38. The van der Waals surface area contributed by atoms with Crippen LogP contribution in [0.1, 0.15) is 29.7 Å². The van der Waals surface area contributed by atoms with Gasteiger partial charge < -0.3 is 5.32 Å². The van der Waals surface area contributed by atoms with E-state index in [-0.39, 0.29) is 0 Å². The molecule has 2 heterocycles. The van der Waals surface area contributed by atoms with Gasteiger partial charge in [-0.15, -0.1) is 11.3 Å². The van der Waals surface area contributed by atoms with Crippen LogP contribution in [0, 0.1) is 0 Å². The number of fused-ring (bicyclic) bond motifs is 1. The molecule has 0 atom stereocenters. The molecule has 3 heteroatoms. The highest BCUT2D eigenvalue weighted by Crippen LogP contribution is 2.32. The molecule has 1 aliphatic heterocycles. The van der Waals surface area contributed by atoms with Gasteiger partial charge in [0.15, 0.2) is 0 Å². The number of thiophene rings is 1. The Balaban J connectivity index is 1.92. The fourth-order valence-corrected chi connectivity index (χ4v) is 4.19. The summed E-state index contributed by atoms with van der Waals surface area (Å²) in [5, 5.41) is 4.78. The van der Waals surface area contributed by atoms with Crippen LogP contribution in [0.4, 0.5) is 0 Å². The van der Waals surface area contributed by atoms with Gasteiger partial charge in [0.25, 0.3) is 0 Å². The highest BCUT2D eigenvalue weighted by atomic mass is 32.1. The lowest BCUT2D eigenvalue weighted by atomic mass is 10.1. The van der Waals surface area contributed by atoms with E-state index in [9.17, 15) is 0 Å². The van der Waals surface area contributed by atoms with Crippen molar-refractivity contribution in [3.63, 3.8) is 0 Å². The van der Waals surface area contributed by atoms with Gasteiger partial charge in [0.1, 0.15) is 0 Å². The summed E-state index contributed by atoms with van der Waals surface area (Å²) >= 11 is 1.95. The molecule has 0 unspecified atom stereocenters. The first-order valence-electron chi connectivity index (χ1n) is 7.24. The van der Waals surface area contributed by atoms with Crippen LogP contribution >= 0.6 is 11.3 Å². The maximum Gasteiger partial charge on any atom is 0.0349 e. The molecule has 1 aromatic heterocycles. The Morgan fingerprint density at radius 3 is 2.74 bits per heavy atom. The third kappa shape index (κ3) is 2.83. The van der Waals surface area contributed by atoms with Gasteiger partial charge >= 0.3 is 0 Å². The van der Waals surface area contributed by atoms with Crippen LogP contribution in [0.5, 0.6) is 0 Å². The molecule has 0 amide bonds. The smallest absolute Gasteiger partial charge is 0.0349 e. The van der Waals surface area contributed by atoms with Crippen LogP contribution in [0.2, 0.25) is 0 Å². The minimum Gasteiger partial charge on any atom is -0.315 e. The summed E-state index contributed by atoms with van der Waals surface area (Å²) in [5.74, 6) is 0. The molecule has 0 bridgehead atoms. The van der Waals surface area contributed by atoms with E-state index < -0.39 is 0 Å². The summed E-state index contributed by atoms with van der Waals surface area (Å²) in [6.45, 7) is 4.65. The fraction of sp³-hybridized carbons (Fsp3) is 0.500. The fourth-order valence-electron chi connectivity index (χ4n) is 2.97. The monoisotopic (exact) mass is 274 g/mol. The van der Waals surface area contributed by atoms with Crippen LogP contribution in [-0.4, -0.2) is 25.0 Å². The van der Waals surface area contributed by atoms with Crippen LogP contribution in [-0.2, 0) is 13.1 Å². The predicted octanol–water partition coefficient (Wildman–Crippen LogP) is 3.61. The Morgan fingerprint density at radius 1 is 1.16 bits per heavy atom. The first-order valence-corrected chi connectivity index (χ1v) is 8.06. The molecule has 0 aliphatic carbocycles. The van der Waals surface area contributed by atoms with Crippen molar-refractivity contribution in [1.29, 1.82) is 0 Å². The van der Waals surface area contributed by atoms with Gasteiger partial charge in [-0.25, -0.2) is 0 Å². The average Bonchev–Trinajstić information content (AvgIpc) is 2.79. The molecule has 2 nitrogen and oxygen atoms in total. The van der Waals surface area contributed by atoms with Gasteiger partial charge in [-0.05, 0) is 50.0 Å². The highest BCUT2D eigenvalue weighted by Gasteiger charge is 2.16. The zero-order chi connectivity index (χ0) is 13.1. The molecule has 1 aliphatic rings. The average molecular weight is 274 g/mol. The zero-order valence-corrected chi connectivity index (χ0v) is 12.4. The lowest BCUT2D eigenvalue weighted by molar-refractivity contribution is 0.221. The Morgan fingerprint density at radius 2 is 1.95 bits per heavy atom. The van der Waals surface area contributed by atoms with Crippen molar-refractivity contribution in [2.45, 2.75) is 32.4 Å². The maximum absolute atomic E-state index is 3.31. The van der Waals surface area contributed by atoms with E-state index >= 15 is 0 Å². The number of hydrogen-bond acceptors (Lipinski definition) is 3. The molecule has 19 heavy (non-hydrogen) atoms. The van der Waals surface area contributed by atoms with Gasteiger partial charge in [-0.3, -0.25) is 4.90 Å². The van der Waals surface area contributed by atoms with Crippen molar-refractivity contribution in [3.8, 4) is 0 Å². The minimum atomic E-state index is 0.989. The van der Waals surface area contributed by atoms with Gasteiger partial charge in [-0.2, -0.15) is 0 Å². The Hall–Kier alpha value is -0.900. The van der Waals surface area contributed by atoms with Crippen molar-refractivity contribution < 1.29 is 0 Å². The summed E-state index contributed by atoms with van der Waals surface area (Å²) in [7, 11) is 2.04. The molecular formula is C16H22N2S. The van der Waals surface area contributed by atoms with Crippen molar-refractivity contribution in [2.24, 2.45) is 0 Å². The topological polar surface area (TPSA) is 15.3 Å². The summed E-state index contributed by atoms with van der Waals surface area (Å²) in [5.41, 5.74) is 1.55. The SMILES string of the molecule is CNCc1sc2ccccc2c1CN1CCCCC1. The number of benzene rings is 1. The highest BCUT2D eigenvalue weighted by molar-refractivity contribution is 7.19. The quantitative estimate of drug-likeness (QED) is 0.916. The van der Waals surface area contributed by atoms with Crippen LogP contribution in [0.15, 0.2) is 24.3 Å². The van der Waals surface area contributed by atoms with Crippen molar-refractivity contribution >= 4 is 21.4 Å².